The summed E-state index contributed by atoms with van der Waals surface area (Å²) in [5.41, 5.74) is 8.24. The van der Waals surface area contributed by atoms with Crippen LogP contribution in [0.4, 0.5) is 0 Å². The molecule has 7 heteroatoms. The molecule has 7 nitrogen and oxygen atoms in total. The van der Waals surface area contributed by atoms with Crippen molar-refractivity contribution in [3.63, 3.8) is 0 Å². The molecule has 0 radical (unpaired) electrons. The number of nitriles is 1. The molecule has 5 atom stereocenters. The number of aromatic nitrogens is 2. The Morgan fingerprint density at radius 3 is 2.24 bits per heavy atom. The number of rotatable bonds is 4. The third-order valence-corrected chi connectivity index (χ3v) is 9.73. The SMILES string of the molecule is CN1[C@@H]2c3[nH]c4ccccc4c3C[C@H]1[C@H](C#N)N1[C@@H](CNC(=O)/C=C/c3ccccc3)c3[nH]c4ccccc4c3C[C@@H]21. The van der Waals surface area contributed by atoms with Gasteiger partial charge in [-0.25, -0.2) is 0 Å². The molecule has 0 aliphatic carbocycles. The summed E-state index contributed by atoms with van der Waals surface area (Å²) >= 11 is 0. The van der Waals surface area contributed by atoms with Crippen LogP contribution in [0.25, 0.3) is 27.9 Å². The quantitative estimate of drug-likeness (QED) is 0.266. The zero-order chi connectivity index (χ0) is 28.4. The largest absolute Gasteiger partial charge is 0.357 e. The lowest BCUT2D eigenvalue weighted by atomic mass is 9.75. The minimum atomic E-state index is -0.320. The monoisotopic (exact) mass is 552 g/mol. The molecule has 2 aromatic heterocycles. The number of hydrogen-bond donors (Lipinski definition) is 3. The molecule has 0 unspecified atom stereocenters. The average molecular weight is 553 g/mol. The lowest BCUT2D eigenvalue weighted by molar-refractivity contribution is -0.117. The molecule has 42 heavy (non-hydrogen) atoms. The summed E-state index contributed by atoms with van der Waals surface area (Å²) in [6.45, 7) is 0.412. The highest BCUT2D eigenvalue weighted by atomic mass is 16.1. The molecular formula is C35H32N6O. The summed E-state index contributed by atoms with van der Waals surface area (Å²) in [7, 11) is 2.18. The van der Waals surface area contributed by atoms with Gasteiger partial charge in [0.25, 0.3) is 0 Å². The molecule has 3 aliphatic heterocycles. The summed E-state index contributed by atoms with van der Waals surface area (Å²) < 4.78 is 0. The third-order valence-electron chi connectivity index (χ3n) is 9.73. The number of H-pyrrole nitrogens is 2. The Morgan fingerprint density at radius 2 is 1.52 bits per heavy atom. The van der Waals surface area contributed by atoms with E-state index in [1.165, 1.54) is 27.6 Å². The van der Waals surface area contributed by atoms with Gasteiger partial charge in [-0.15, -0.1) is 0 Å². The molecule has 8 rings (SSSR count). The number of hydrogen-bond acceptors (Lipinski definition) is 4. The number of aromatic amines is 2. The maximum Gasteiger partial charge on any atom is 0.244 e. The van der Waals surface area contributed by atoms with Crippen LogP contribution in [0.2, 0.25) is 0 Å². The lowest BCUT2D eigenvalue weighted by Gasteiger charge is -2.58. The van der Waals surface area contributed by atoms with Gasteiger partial charge in [0, 0.05) is 57.9 Å². The van der Waals surface area contributed by atoms with E-state index in [2.05, 4.69) is 86.7 Å². The molecule has 0 spiro atoms. The molecule has 3 N–H and O–H groups in total. The van der Waals surface area contributed by atoms with Gasteiger partial charge in [0.2, 0.25) is 5.91 Å². The van der Waals surface area contributed by atoms with E-state index < -0.39 is 0 Å². The number of benzene rings is 3. The second-order valence-electron chi connectivity index (χ2n) is 11.8. The Labute approximate surface area is 244 Å². The van der Waals surface area contributed by atoms with Crippen molar-refractivity contribution in [2.24, 2.45) is 0 Å². The van der Waals surface area contributed by atoms with E-state index in [-0.39, 0.29) is 36.1 Å². The summed E-state index contributed by atoms with van der Waals surface area (Å²) in [6.07, 6.45) is 5.07. The van der Waals surface area contributed by atoms with E-state index in [4.69, 9.17) is 0 Å². The lowest BCUT2D eigenvalue weighted by Crippen LogP contribution is -2.68. The maximum absolute atomic E-state index is 13.1. The molecule has 1 fully saturated rings. The summed E-state index contributed by atoms with van der Waals surface area (Å²) in [5, 5.41) is 16.4. The summed E-state index contributed by atoms with van der Waals surface area (Å²) in [6, 6.07) is 29.3. The van der Waals surface area contributed by atoms with Crippen molar-refractivity contribution >= 4 is 33.8 Å². The van der Waals surface area contributed by atoms with Crippen LogP contribution in [0.5, 0.6) is 0 Å². The normalized spacial score (nSPS) is 25.2. The Hall–Kier alpha value is -4.64. The molecule has 5 aromatic rings. The topological polar surface area (TPSA) is 90.9 Å². The van der Waals surface area contributed by atoms with Gasteiger partial charge in [-0.05, 0) is 54.8 Å². The first-order chi connectivity index (χ1) is 20.6. The molecular weight excluding hydrogens is 520 g/mol. The fraction of sp³-hybridized carbons (Fsp3) is 0.257. The van der Waals surface area contributed by atoms with Crippen molar-refractivity contribution < 1.29 is 4.79 Å². The van der Waals surface area contributed by atoms with Crippen molar-refractivity contribution in [1.29, 1.82) is 5.26 Å². The van der Waals surface area contributed by atoms with Crippen molar-refractivity contribution in [2.45, 2.75) is 43.1 Å². The van der Waals surface area contributed by atoms with E-state index in [0.717, 1.165) is 35.1 Å². The van der Waals surface area contributed by atoms with Gasteiger partial charge < -0.3 is 15.3 Å². The van der Waals surface area contributed by atoms with Gasteiger partial charge in [-0.2, -0.15) is 5.26 Å². The fourth-order valence-electron chi connectivity index (χ4n) is 7.90. The molecule has 0 saturated carbocycles. The third kappa shape index (κ3) is 3.76. The van der Waals surface area contributed by atoms with Gasteiger partial charge in [0.15, 0.2) is 0 Å². The van der Waals surface area contributed by atoms with E-state index >= 15 is 0 Å². The second kappa shape index (κ2) is 9.73. The first-order valence-corrected chi connectivity index (χ1v) is 14.7. The van der Waals surface area contributed by atoms with Crippen LogP contribution in [0.15, 0.2) is 84.9 Å². The standard InChI is InChI=1S/C35H32N6O/c1-40-28-17-25-23-12-6-8-14-27(23)39-34(25)35(40)29-18-24-22-11-5-7-13-26(22)38-33(24)31(41(29)30(28)19-36)20-37-32(42)16-15-21-9-3-2-4-10-21/h2-16,28-31,35,38-39H,17-18,20H2,1H3,(H,37,42)/b16-15+/t28-,29-,30-,31-,35-/m0/s1. The fourth-order valence-corrected chi connectivity index (χ4v) is 7.90. The highest BCUT2D eigenvalue weighted by molar-refractivity contribution is 5.92. The molecule has 5 heterocycles. The first kappa shape index (κ1) is 25.1. The Kier molecular flexibility index (Phi) is 5.81. The van der Waals surface area contributed by atoms with Gasteiger partial charge in [0.1, 0.15) is 6.04 Å². The molecule has 3 aliphatic rings. The Morgan fingerprint density at radius 1 is 0.905 bits per heavy atom. The smallest absolute Gasteiger partial charge is 0.244 e. The van der Waals surface area contributed by atoms with Crippen molar-refractivity contribution in [1.82, 2.24) is 25.1 Å². The number of para-hydroxylation sites is 2. The minimum Gasteiger partial charge on any atom is -0.357 e. The van der Waals surface area contributed by atoms with Crippen LogP contribution >= 0.6 is 0 Å². The summed E-state index contributed by atoms with van der Waals surface area (Å²) in [5.74, 6) is -0.139. The van der Waals surface area contributed by atoms with E-state index in [0.29, 0.717) is 6.54 Å². The van der Waals surface area contributed by atoms with Crippen LogP contribution in [-0.2, 0) is 17.6 Å². The molecule has 1 saturated heterocycles. The Bertz CT molecular complexity index is 1900. The number of piperazine rings is 1. The zero-order valence-electron chi connectivity index (χ0n) is 23.4. The number of fused-ring (bicyclic) bond motifs is 11. The maximum atomic E-state index is 13.1. The van der Waals surface area contributed by atoms with Gasteiger partial charge in [0.05, 0.1) is 18.2 Å². The predicted molar refractivity (Wildman–Crippen MR) is 165 cm³/mol. The molecule has 3 aromatic carbocycles. The molecule has 208 valence electrons. The van der Waals surface area contributed by atoms with E-state index in [9.17, 15) is 10.1 Å². The number of nitrogens with zero attached hydrogens (tertiary/aromatic N) is 3. The number of carbonyl (C=O) groups excluding carboxylic acids is 1. The van der Waals surface area contributed by atoms with E-state index in [1.54, 1.807) is 6.08 Å². The van der Waals surface area contributed by atoms with Crippen LogP contribution in [0.1, 0.15) is 40.2 Å². The Balaban J connectivity index is 1.22. The molecule has 1 amide bonds. The number of amides is 1. The van der Waals surface area contributed by atoms with Gasteiger partial charge in [-0.3, -0.25) is 14.6 Å². The van der Waals surface area contributed by atoms with Crippen LogP contribution in [0.3, 0.4) is 0 Å². The number of likely N-dealkylation sites (N-methyl/N-ethyl adjacent to an activating group) is 1. The van der Waals surface area contributed by atoms with Gasteiger partial charge in [-0.1, -0.05) is 66.7 Å². The minimum absolute atomic E-state index is 0.0464. The highest BCUT2D eigenvalue weighted by Crippen LogP contribution is 2.51. The highest BCUT2D eigenvalue weighted by Gasteiger charge is 2.55. The van der Waals surface area contributed by atoms with Crippen LogP contribution < -0.4 is 5.32 Å². The van der Waals surface area contributed by atoms with Gasteiger partial charge >= 0.3 is 0 Å². The van der Waals surface area contributed by atoms with Crippen LogP contribution in [0, 0.1) is 11.3 Å². The second-order valence-corrected chi connectivity index (χ2v) is 11.8. The number of carbonyl (C=O) groups is 1. The van der Waals surface area contributed by atoms with E-state index in [1.807, 2.05) is 36.4 Å². The van der Waals surface area contributed by atoms with Crippen molar-refractivity contribution in [2.75, 3.05) is 13.6 Å². The predicted octanol–water partition coefficient (Wildman–Crippen LogP) is 5.25. The number of nitrogens with one attached hydrogen (secondary N) is 3. The molecule has 2 bridgehead atoms. The zero-order valence-corrected chi connectivity index (χ0v) is 23.4. The summed E-state index contributed by atoms with van der Waals surface area (Å²) in [4.78, 5) is 25.4. The van der Waals surface area contributed by atoms with Crippen molar-refractivity contribution in [3.8, 4) is 6.07 Å². The van der Waals surface area contributed by atoms with Crippen molar-refractivity contribution in [3.05, 3.63) is 113 Å². The average Bonchev–Trinajstić information content (AvgIpc) is 3.57. The first-order valence-electron chi connectivity index (χ1n) is 14.7. The van der Waals surface area contributed by atoms with Crippen LogP contribution in [-0.4, -0.2) is 57.4 Å².